The molecule has 1 amide bonds. The van der Waals surface area contributed by atoms with Crippen LogP contribution in [-0.2, 0) is 4.79 Å². The predicted octanol–water partition coefficient (Wildman–Crippen LogP) is 3.08. The van der Waals surface area contributed by atoms with Gasteiger partial charge in [0, 0.05) is 11.1 Å². The van der Waals surface area contributed by atoms with Gasteiger partial charge in [0.1, 0.15) is 6.33 Å². The molecule has 0 saturated heterocycles. The molecule has 0 spiro atoms. The second kappa shape index (κ2) is 5.97. The molecule has 0 aliphatic carbocycles. The summed E-state index contributed by atoms with van der Waals surface area (Å²) in [6.07, 6.45) is 1.43. The molecule has 2 aromatic carbocycles. The van der Waals surface area contributed by atoms with Crippen molar-refractivity contribution in [2.45, 2.75) is 17.3 Å². The molecule has 1 heterocycles. The van der Waals surface area contributed by atoms with E-state index in [2.05, 4.69) is 20.5 Å². The maximum Gasteiger partial charge on any atom is 0.237 e. The van der Waals surface area contributed by atoms with Crippen molar-refractivity contribution >= 4 is 34.1 Å². The van der Waals surface area contributed by atoms with E-state index in [9.17, 15) is 4.79 Å². The fourth-order valence-electron chi connectivity index (χ4n) is 2.04. The number of H-pyrrole nitrogens is 1. The van der Waals surface area contributed by atoms with Crippen molar-refractivity contribution in [2.24, 2.45) is 0 Å². The molecule has 2 N–H and O–H groups in total. The fraction of sp³-hybridized carbons (Fsp3) is 0.133. The van der Waals surface area contributed by atoms with Gasteiger partial charge in [-0.3, -0.25) is 9.89 Å². The van der Waals surface area contributed by atoms with Gasteiger partial charge < -0.3 is 5.32 Å². The number of benzene rings is 2. The smallest absolute Gasteiger partial charge is 0.237 e. The topological polar surface area (TPSA) is 70.7 Å². The zero-order valence-electron chi connectivity index (χ0n) is 11.4. The molecule has 1 aromatic heterocycles. The van der Waals surface area contributed by atoms with E-state index in [1.165, 1.54) is 18.1 Å². The molecule has 0 saturated carbocycles. The Balaban J connectivity index is 1.77. The summed E-state index contributed by atoms with van der Waals surface area (Å²) in [6, 6.07) is 13.8. The lowest BCUT2D eigenvalue weighted by molar-refractivity contribution is -0.115. The predicted molar refractivity (Wildman–Crippen MR) is 84.3 cm³/mol. The second-order valence-electron chi connectivity index (χ2n) is 4.57. The first kappa shape index (κ1) is 13.6. The Bertz CT molecular complexity index is 752. The lowest BCUT2D eigenvalue weighted by Gasteiger charge is -2.12. The van der Waals surface area contributed by atoms with Crippen LogP contribution >= 0.6 is 11.8 Å². The summed E-state index contributed by atoms with van der Waals surface area (Å²) in [7, 11) is 0. The van der Waals surface area contributed by atoms with E-state index < -0.39 is 0 Å². The first-order chi connectivity index (χ1) is 10.2. The van der Waals surface area contributed by atoms with Gasteiger partial charge in [0.2, 0.25) is 5.91 Å². The minimum Gasteiger partial charge on any atom is -0.325 e. The zero-order chi connectivity index (χ0) is 14.7. The number of aromatic amines is 1. The normalized spacial score (nSPS) is 12.2. The summed E-state index contributed by atoms with van der Waals surface area (Å²) in [5.74, 6) is -0.0623. The minimum atomic E-state index is -0.267. The van der Waals surface area contributed by atoms with E-state index in [0.29, 0.717) is 5.16 Å². The molecule has 0 radical (unpaired) electrons. The highest BCUT2D eigenvalue weighted by Crippen LogP contribution is 2.25. The largest absolute Gasteiger partial charge is 0.325 e. The number of fused-ring (bicyclic) bond motifs is 1. The SMILES string of the molecule is CC(Sc1ncn[nH]1)C(=O)Nc1cccc2ccccc12. The lowest BCUT2D eigenvalue weighted by Crippen LogP contribution is -2.22. The van der Waals surface area contributed by atoms with E-state index >= 15 is 0 Å². The maximum absolute atomic E-state index is 12.3. The second-order valence-corrected chi connectivity index (χ2v) is 5.90. The van der Waals surface area contributed by atoms with Gasteiger partial charge in [-0.1, -0.05) is 48.2 Å². The molecule has 106 valence electrons. The van der Waals surface area contributed by atoms with Crippen LogP contribution in [0.15, 0.2) is 53.9 Å². The number of nitrogens with one attached hydrogen (secondary N) is 2. The Hall–Kier alpha value is -2.34. The summed E-state index contributed by atoms with van der Waals surface area (Å²) < 4.78 is 0. The van der Waals surface area contributed by atoms with Crippen LogP contribution in [0.4, 0.5) is 5.69 Å². The fourth-order valence-corrected chi connectivity index (χ4v) is 2.76. The quantitative estimate of drug-likeness (QED) is 0.726. The minimum absolute atomic E-state index is 0.0623. The zero-order valence-corrected chi connectivity index (χ0v) is 12.2. The van der Waals surface area contributed by atoms with Crippen molar-refractivity contribution in [3.8, 4) is 0 Å². The monoisotopic (exact) mass is 298 g/mol. The molecule has 5 nitrogen and oxygen atoms in total. The Labute approximate surface area is 126 Å². The van der Waals surface area contributed by atoms with Crippen molar-refractivity contribution in [1.29, 1.82) is 0 Å². The summed E-state index contributed by atoms with van der Waals surface area (Å²) >= 11 is 1.34. The Kier molecular flexibility index (Phi) is 3.87. The third kappa shape index (κ3) is 3.05. The van der Waals surface area contributed by atoms with Crippen LogP contribution in [0, 0.1) is 0 Å². The van der Waals surface area contributed by atoms with E-state index in [1.807, 2.05) is 49.4 Å². The third-order valence-electron chi connectivity index (χ3n) is 3.10. The van der Waals surface area contributed by atoms with Crippen molar-refractivity contribution in [3.05, 3.63) is 48.8 Å². The molecule has 0 aliphatic rings. The summed E-state index contributed by atoms with van der Waals surface area (Å²) in [5.41, 5.74) is 0.822. The van der Waals surface area contributed by atoms with E-state index in [-0.39, 0.29) is 11.2 Å². The molecule has 3 rings (SSSR count). The number of thioether (sulfide) groups is 1. The summed E-state index contributed by atoms with van der Waals surface area (Å²) in [5, 5.41) is 12.0. The number of carbonyl (C=O) groups is 1. The first-order valence-corrected chi connectivity index (χ1v) is 7.42. The number of hydrogen-bond donors (Lipinski definition) is 2. The van der Waals surface area contributed by atoms with Crippen LogP contribution in [0.5, 0.6) is 0 Å². The van der Waals surface area contributed by atoms with Crippen LogP contribution in [0.3, 0.4) is 0 Å². The Morgan fingerprint density at radius 2 is 2.05 bits per heavy atom. The van der Waals surface area contributed by atoms with E-state index in [4.69, 9.17) is 0 Å². The molecule has 0 aliphatic heterocycles. The highest BCUT2D eigenvalue weighted by atomic mass is 32.2. The molecule has 1 unspecified atom stereocenters. The number of hydrogen-bond acceptors (Lipinski definition) is 4. The van der Waals surface area contributed by atoms with E-state index in [1.54, 1.807) is 0 Å². The van der Waals surface area contributed by atoms with Gasteiger partial charge in [-0.25, -0.2) is 4.98 Å². The highest BCUT2D eigenvalue weighted by molar-refractivity contribution is 8.00. The number of aromatic nitrogens is 3. The van der Waals surface area contributed by atoms with Crippen LogP contribution in [-0.4, -0.2) is 26.3 Å². The molecule has 6 heteroatoms. The molecule has 0 bridgehead atoms. The van der Waals surface area contributed by atoms with Crippen molar-refractivity contribution in [1.82, 2.24) is 15.2 Å². The van der Waals surface area contributed by atoms with Gasteiger partial charge in [-0.2, -0.15) is 5.10 Å². The Morgan fingerprint density at radius 3 is 2.86 bits per heavy atom. The lowest BCUT2D eigenvalue weighted by atomic mass is 10.1. The third-order valence-corrected chi connectivity index (χ3v) is 4.09. The number of amides is 1. The number of rotatable bonds is 4. The number of carbonyl (C=O) groups excluding carboxylic acids is 1. The van der Waals surface area contributed by atoms with Crippen LogP contribution < -0.4 is 5.32 Å². The molecular weight excluding hydrogens is 284 g/mol. The molecule has 3 aromatic rings. The van der Waals surface area contributed by atoms with Gasteiger partial charge in [-0.05, 0) is 18.4 Å². The van der Waals surface area contributed by atoms with Gasteiger partial charge >= 0.3 is 0 Å². The summed E-state index contributed by atoms with van der Waals surface area (Å²) in [4.78, 5) is 16.3. The number of nitrogens with zero attached hydrogens (tertiary/aromatic N) is 2. The molecule has 1 atom stereocenters. The first-order valence-electron chi connectivity index (χ1n) is 6.54. The van der Waals surface area contributed by atoms with Crippen LogP contribution in [0.2, 0.25) is 0 Å². The average Bonchev–Trinajstić information content (AvgIpc) is 3.00. The molecule has 0 fully saturated rings. The molecular formula is C15H14N4OS. The van der Waals surface area contributed by atoms with Gasteiger partial charge in [0.15, 0.2) is 5.16 Å². The standard InChI is InChI=1S/C15H14N4OS/c1-10(21-15-16-9-17-19-15)14(20)18-13-8-4-6-11-5-2-3-7-12(11)13/h2-10H,1H3,(H,18,20)(H,16,17,19). The average molecular weight is 298 g/mol. The number of anilines is 1. The van der Waals surface area contributed by atoms with Crippen LogP contribution in [0.25, 0.3) is 10.8 Å². The van der Waals surface area contributed by atoms with Gasteiger partial charge in [-0.15, -0.1) is 0 Å². The highest BCUT2D eigenvalue weighted by Gasteiger charge is 2.16. The van der Waals surface area contributed by atoms with Crippen molar-refractivity contribution in [3.63, 3.8) is 0 Å². The summed E-state index contributed by atoms with van der Waals surface area (Å²) in [6.45, 7) is 1.84. The van der Waals surface area contributed by atoms with Crippen molar-refractivity contribution < 1.29 is 4.79 Å². The Morgan fingerprint density at radius 1 is 1.24 bits per heavy atom. The van der Waals surface area contributed by atoms with Crippen molar-refractivity contribution in [2.75, 3.05) is 5.32 Å². The molecule has 21 heavy (non-hydrogen) atoms. The van der Waals surface area contributed by atoms with Gasteiger partial charge in [0.05, 0.1) is 5.25 Å². The van der Waals surface area contributed by atoms with E-state index in [0.717, 1.165) is 16.5 Å². The van der Waals surface area contributed by atoms with Crippen LogP contribution in [0.1, 0.15) is 6.92 Å². The maximum atomic E-state index is 12.3. The van der Waals surface area contributed by atoms with Gasteiger partial charge in [0.25, 0.3) is 0 Å².